The monoisotopic (exact) mass is 226 g/mol. The van der Waals surface area contributed by atoms with Gasteiger partial charge in [0.05, 0.1) is 0 Å². The molecule has 2 rings (SSSR count). The first-order chi connectivity index (χ1) is 7.31. The molecule has 1 N–H and O–H groups in total. The highest BCUT2D eigenvalue weighted by molar-refractivity contribution is 5.68. The van der Waals surface area contributed by atoms with Gasteiger partial charge in [0.25, 0.3) is 0 Å². The molecule has 0 aromatic heterocycles. The Morgan fingerprint density at radius 1 is 1.38 bits per heavy atom. The second kappa shape index (κ2) is 3.62. The van der Waals surface area contributed by atoms with E-state index < -0.39 is 5.60 Å². The van der Waals surface area contributed by atoms with Crippen LogP contribution in [0.2, 0.25) is 0 Å². The first-order valence-electron chi connectivity index (χ1n) is 5.98. The maximum Gasteiger partial charge on any atom is 0.410 e. The molecule has 0 radical (unpaired) electrons. The average Bonchev–Trinajstić information content (AvgIpc) is 1.94. The van der Waals surface area contributed by atoms with E-state index in [-0.39, 0.29) is 6.09 Å². The van der Waals surface area contributed by atoms with Gasteiger partial charge in [-0.2, -0.15) is 0 Å². The zero-order chi connectivity index (χ0) is 12.0. The van der Waals surface area contributed by atoms with Crippen LogP contribution in [0.15, 0.2) is 0 Å². The van der Waals surface area contributed by atoms with Gasteiger partial charge in [0.1, 0.15) is 5.60 Å². The number of amides is 1. The molecule has 1 aliphatic heterocycles. The number of hydrogen-bond donors (Lipinski definition) is 1. The molecule has 2 fully saturated rings. The van der Waals surface area contributed by atoms with Crippen LogP contribution in [-0.2, 0) is 4.74 Å². The van der Waals surface area contributed by atoms with E-state index in [0.29, 0.717) is 11.5 Å². The molecule has 4 heteroatoms. The number of nitrogens with one attached hydrogen (secondary N) is 1. The minimum atomic E-state index is -0.398. The number of carbonyl (C=O) groups is 1. The SMILES string of the molecule is CN(C(=O)OC(C)(C)C)C1CC2(CNC2)C1. The fraction of sp³-hybridized carbons (Fsp3) is 0.917. The van der Waals surface area contributed by atoms with Crippen LogP contribution in [0, 0.1) is 5.41 Å². The normalized spacial score (nSPS) is 23.5. The second-order valence-corrected chi connectivity index (χ2v) is 6.26. The van der Waals surface area contributed by atoms with Gasteiger partial charge in [0, 0.05) is 26.2 Å². The van der Waals surface area contributed by atoms with E-state index in [2.05, 4.69) is 5.32 Å². The highest BCUT2D eigenvalue weighted by atomic mass is 16.6. The summed E-state index contributed by atoms with van der Waals surface area (Å²) in [6.45, 7) is 7.93. The molecule has 0 aromatic carbocycles. The Balaban J connectivity index is 1.80. The summed E-state index contributed by atoms with van der Waals surface area (Å²) in [6, 6.07) is 0.372. The van der Waals surface area contributed by atoms with E-state index in [4.69, 9.17) is 4.74 Å². The Morgan fingerprint density at radius 3 is 2.31 bits per heavy atom. The molecule has 1 saturated heterocycles. The summed E-state index contributed by atoms with van der Waals surface area (Å²) in [5.41, 5.74) is 0.103. The molecular weight excluding hydrogens is 204 g/mol. The topological polar surface area (TPSA) is 41.6 Å². The second-order valence-electron chi connectivity index (χ2n) is 6.26. The summed E-state index contributed by atoms with van der Waals surface area (Å²) in [6.07, 6.45) is 2.05. The smallest absolute Gasteiger partial charge is 0.410 e. The van der Waals surface area contributed by atoms with Crippen molar-refractivity contribution in [2.75, 3.05) is 20.1 Å². The number of carbonyl (C=O) groups excluding carboxylic acids is 1. The van der Waals surface area contributed by atoms with Crippen LogP contribution in [0.25, 0.3) is 0 Å². The minimum Gasteiger partial charge on any atom is -0.444 e. The molecule has 1 spiro atoms. The Morgan fingerprint density at radius 2 is 1.94 bits per heavy atom. The standard InChI is InChI=1S/C12H22N2O2/c1-11(2,3)16-10(15)14(4)9-5-12(6-9)7-13-8-12/h9,13H,5-8H2,1-4H3. The number of hydrogen-bond acceptors (Lipinski definition) is 3. The van der Waals surface area contributed by atoms with Crippen LogP contribution in [-0.4, -0.2) is 42.8 Å². The molecule has 0 aromatic rings. The van der Waals surface area contributed by atoms with Crippen molar-refractivity contribution in [1.29, 1.82) is 0 Å². The molecule has 1 saturated carbocycles. The van der Waals surface area contributed by atoms with Crippen LogP contribution in [0.5, 0.6) is 0 Å². The highest BCUT2D eigenvalue weighted by Crippen LogP contribution is 2.46. The zero-order valence-electron chi connectivity index (χ0n) is 10.7. The summed E-state index contributed by atoms with van der Waals surface area (Å²) in [5.74, 6) is 0. The van der Waals surface area contributed by atoms with Crippen LogP contribution in [0.4, 0.5) is 4.79 Å². The van der Waals surface area contributed by atoms with Crippen molar-refractivity contribution < 1.29 is 9.53 Å². The summed E-state index contributed by atoms with van der Waals surface area (Å²) >= 11 is 0. The van der Waals surface area contributed by atoms with Gasteiger partial charge in [-0.25, -0.2) is 4.79 Å². The first kappa shape index (κ1) is 11.7. The van der Waals surface area contributed by atoms with Gasteiger partial charge in [-0.3, -0.25) is 0 Å². The van der Waals surface area contributed by atoms with Crippen molar-refractivity contribution in [3.05, 3.63) is 0 Å². The van der Waals surface area contributed by atoms with Crippen LogP contribution in [0.1, 0.15) is 33.6 Å². The quantitative estimate of drug-likeness (QED) is 0.738. The Kier molecular flexibility index (Phi) is 2.65. The summed E-state index contributed by atoms with van der Waals surface area (Å²) in [4.78, 5) is 13.6. The molecule has 4 nitrogen and oxygen atoms in total. The molecule has 1 amide bonds. The van der Waals surface area contributed by atoms with Gasteiger partial charge in [0.2, 0.25) is 0 Å². The lowest BCUT2D eigenvalue weighted by atomic mass is 9.61. The van der Waals surface area contributed by atoms with Crippen LogP contribution in [0.3, 0.4) is 0 Å². The predicted molar refractivity (Wildman–Crippen MR) is 62.3 cm³/mol. The van der Waals surface area contributed by atoms with Crippen LogP contribution < -0.4 is 5.32 Å². The Hall–Kier alpha value is -0.770. The van der Waals surface area contributed by atoms with E-state index in [1.165, 1.54) is 0 Å². The summed E-state index contributed by atoms with van der Waals surface area (Å²) < 4.78 is 5.35. The summed E-state index contributed by atoms with van der Waals surface area (Å²) in [5, 5.41) is 3.30. The maximum atomic E-state index is 11.8. The third-order valence-electron chi connectivity index (χ3n) is 3.57. The lowest BCUT2D eigenvalue weighted by Crippen LogP contribution is -2.65. The fourth-order valence-corrected chi connectivity index (χ4v) is 2.46. The van der Waals surface area contributed by atoms with Gasteiger partial charge in [-0.15, -0.1) is 0 Å². The van der Waals surface area contributed by atoms with Gasteiger partial charge in [-0.05, 0) is 39.0 Å². The Bertz CT molecular complexity index is 284. The van der Waals surface area contributed by atoms with E-state index in [9.17, 15) is 4.79 Å². The number of ether oxygens (including phenoxy) is 1. The minimum absolute atomic E-state index is 0.195. The largest absolute Gasteiger partial charge is 0.444 e. The molecule has 2 aliphatic rings. The van der Waals surface area contributed by atoms with E-state index in [0.717, 1.165) is 25.9 Å². The molecule has 0 unspecified atom stereocenters. The number of rotatable bonds is 1. The average molecular weight is 226 g/mol. The molecule has 92 valence electrons. The lowest BCUT2D eigenvalue weighted by Gasteiger charge is -2.56. The van der Waals surface area contributed by atoms with E-state index in [1.807, 2.05) is 27.8 Å². The third-order valence-corrected chi connectivity index (χ3v) is 3.57. The van der Waals surface area contributed by atoms with Gasteiger partial charge >= 0.3 is 6.09 Å². The van der Waals surface area contributed by atoms with Crippen molar-refractivity contribution in [2.45, 2.75) is 45.3 Å². The zero-order valence-corrected chi connectivity index (χ0v) is 10.7. The predicted octanol–water partition coefficient (Wildman–Crippen LogP) is 1.61. The molecule has 16 heavy (non-hydrogen) atoms. The fourth-order valence-electron chi connectivity index (χ4n) is 2.46. The van der Waals surface area contributed by atoms with Gasteiger partial charge in [-0.1, -0.05) is 0 Å². The molecule has 0 atom stereocenters. The Labute approximate surface area is 97.3 Å². The van der Waals surface area contributed by atoms with Crippen molar-refractivity contribution in [1.82, 2.24) is 10.2 Å². The van der Waals surface area contributed by atoms with Gasteiger partial charge < -0.3 is 15.0 Å². The lowest BCUT2D eigenvalue weighted by molar-refractivity contribution is -0.0397. The van der Waals surface area contributed by atoms with Crippen molar-refractivity contribution in [2.24, 2.45) is 5.41 Å². The third kappa shape index (κ3) is 2.17. The number of nitrogens with zero attached hydrogens (tertiary/aromatic N) is 1. The molecular formula is C12H22N2O2. The summed E-state index contributed by atoms with van der Waals surface area (Å²) in [7, 11) is 1.84. The maximum absolute atomic E-state index is 11.8. The first-order valence-corrected chi connectivity index (χ1v) is 5.98. The van der Waals surface area contributed by atoms with Gasteiger partial charge in [0.15, 0.2) is 0 Å². The molecule has 1 aliphatic carbocycles. The molecule has 1 heterocycles. The molecule has 0 bridgehead atoms. The highest BCUT2D eigenvalue weighted by Gasteiger charge is 2.50. The van der Waals surface area contributed by atoms with E-state index >= 15 is 0 Å². The van der Waals surface area contributed by atoms with Crippen molar-refractivity contribution in [3.8, 4) is 0 Å². The van der Waals surface area contributed by atoms with Crippen molar-refractivity contribution in [3.63, 3.8) is 0 Å². The van der Waals surface area contributed by atoms with Crippen LogP contribution >= 0.6 is 0 Å². The van der Waals surface area contributed by atoms with Crippen molar-refractivity contribution >= 4 is 6.09 Å². The van der Waals surface area contributed by atoms with E-state index in [1.54, 1.807) is 4.90 Å².